The van der Waals surface area contributed by atoms with E-state index in [1.54, 1.807) is 11.3 Å². The van der Waals surface area contributed by atoms with Gasteiger partial charge in [-0.25, -0.2) is 0 Å². The summed E-state index contributed by atoms with van der Waals surface area (Å²) in [4.78, 5) is 39.6. The van der Waals surface area contributed by atoms with Gasteiger partial charge < -0.3 is 0 Å². The molecule has 1 aromatic rings. The van der Waals surface area contributed by atoms with E-state index in [1.165, 1.54) is 4.88 Å². The zero-order chi connectivity index (χ0) is 17.1. The summed E-state index contributed by atoms with van der Waals surface area (Å²) in [6, 6.07) is 0. The van der Waals surface area contributed by atoms with Gasteiger partial charge in [-0.15, -0.1) is 11.3 Å². The molecule has 130 valence electrons. The molecule has 0 spiro atoms. The molecular weight excluding hydrogens is 336 g/mol. The second kappa shape index (κ2) is 5.53. The lowest BCUT2D eigenvalue weighted by molar-refractivity contribution is -0.143. The molecule has 1 aromatic heterocycles. The van der Waals surface area contributed by atoms with Crippen molar-refractivity contribution in [3.05, 3.63) is 33.5 Å². The molecule has 4 atom stereocenters. The van der Waals surface area contributed by atoms with Crippen LogP contribution in [-0.4, -0.2) is 22.7 Å². The largest absolute Gasteiger partial charge is 0.272 e. The van der Waals surface area contributed by atoms with Gasteiger partial charge in [0.15, 0.2) is 0 Å². The van der Waals surface area contributed by atoms with Crippen molar-refractivity contribution in [1.29, 1.82) is 0 Å². The van der Waals surface area contributed by atoms with Crippen molar-refractivity contribution in [2.24, 2.45) is 23.7 Å². The number of aryl methyl sites for hydroxylation is 1. The van der Waals surface area contributed by atoms with E-state index in [1.807, 2.05) is 5.38 Å². The molecule has 1 saturated heterocycles. The van der Waals surface area contributed by atoms with Crippen LogP contribution in [0.15, 0.2) is 17.5 Å². The smallest absolute Gasteiger partial charge is 0.271 e. The van der Waals surface area contributed by atoms with Gasteiger partial charge in [0, 0.05) is 10.3 Å². The van der Waals surface area contributed by atoms with Crippen molar-refractivity contribution in [3.63, 3.8) is 0 Å². The number of nitrogens with one attached hydrogen (secondary N) is 1. The number of hydrazine groups is 1. The molecule has 2 bridgehead atoms. The molecule has 0 aromatic carbocycles. The highest BCUT2D eigenvalue weighted by atomic mass is 32.1. The molecular formula is C19H20N2O3S. The lowest BCUT2D eigenvalue weighted by atomic mass is 9.63. The molecule has 6 rings (SSSR count). The fourth-order valence-corrected chi connectivity index (χ4v) is 6.16. The van der Waals surface area contributed by atoms with Crippen LogP contribution in [0.2, 0.25) is 0 Å². The summed E-state index contributed by atoms with van der Waals surface area (Å²) >= 11 is 1.61. The summed E-state index contributed by atoms with van der Waals surface area (Å²) in [7, 11) is 0. The van der Waals surface area contributed by atoms with Crippen molar-refractivity contribution in [2.75, 3.05) is 0 Å². The van der Waals surface area contributed by atoms with Gasteiger partial charge in [0.1, 0.15) is 0 Å². The molecule has 25 heavy (non-hydrogen) atoms. The highest BCUT2D eigenvalue weighted by Gasteiger charge is 2.57. The first-order valence-electron chi connectivity index (χ1n) is 9.11. The van der Waals surface area contributed by atoms with Gasteiger partial charge in [0.25, 0.3) is 17.7 Å². The normalized spacial score (nSPS) is 32.7. The molecule has 2 fully saturated rings. The van der Waals surface area contributed by atoms with E-state index in [9.17, 15) is 14.4 Å². The molecule has 1 N–H and O–H groups in total. The van der Waals surface area contributed by atoms with Crippen LogP contribution in [-0.2, 0) is 22.4 Å². The second-order valence-corrected chi connectivity index (χ2v) is 8.52. The van der Waals surface area contributed by atoms with Crippen molar-refractivity contribution >= 4 is 29.1 Å². The second-order valence-electron chi connectivity index (χ2n) is 7.55. The van der Waals surface area contributed by atoms with Crippen molar-refractivity contribution in [1.82, 2.24) is 10.4 Å². The Bertz CT molecular complexity index is 780. The predicted octanol–water partition coefficient (Wildman–Crippen LogP) is 2.47. The molecule has 2 heterocycles. The van der Waals surface area contributed by atoms with E-state index in [4.69, 9.17) is 0 Å². The number of carbonyl (C=O) groups is 3. The maximum absolute atomic E-state index is 12.8. The molecule has 1 saturated carbocycles. The minimum atomic E-state index is -0.319. The maximum Gasteiger partial charge on any atom is 0.271 e. The minimum absolute atomic E-state index is 0.141. The third kappa shape index (κ3) is 2.16. The number of rotatable bonds is 2. The molecule has 6 heteroatoms. The van der Waals surface area contributed by atoms with E-state index < -0.39 is 0 Å². The molecule has 5 nitrogen and oxygen atoms in total. The topological polar surface area (TPSA) is 66.5 Å². The number of allylic oxidation sites excluding steroid dienone is 2. The summed E-state index contributed by atoms with van der Waals surface area (Å²) in [6.45, 7) is 0. The van der Waals surface area contributed by atoms with Crippen LogP contribution < -0.4 is 5.43 Å². The van der Waals surface area contributed by atoms with Crippen LogP contribution in [0.25, 0.3) is 0 Å². The Hall–Kier alpha value is -1.95. The third-order valence-electron chi connectivity index (χ3n) is 6.28. The van der Waals surface area contributed by atoms with Gasteiger partial charge >= 0.3 is 0 Å². The Morgan fingerprint density at radius 2 is 1.68 bits per heavy atom. The van der Waals surface area contributed by atoms with Crippen LogP contribution in [0.5, 0.6) is 0 Å². The summed E-state index contributed by atoms with van der Waals surface area (Å²) in [5.41, 5.74) is 4.37. The molecule has 0 radical (unpaired) electrons. The molecule has 0 unspecified atom stereocenters. The van der Waals surface area contributed by atoms with Gasteiger partial charge in [-0.05, 0) is 55.9 Å². The van der Waals surface area contributed by atoms with E-state index >= 15 is 0 Å². The summed E-state index contributed by atoms with van der Waals surface area (Å²) in [5.74, 6) is -1.07. The minimum Gasteiger partial charge on any atom is -0.272 e. The molecule has 4 aliphatic carbocycles. The Balaban J connectivity index is 1.40. The SMILES string of the molecule is O=C(NN1C(=O)[C@@H]2[C@@H](C1=O)[C@H]1C=C[C@@H]2CC1)c1csc2c1CCCC2. The number of imide groups is 1. The number of thiophene rings is 1. The molecule has 1 aliphatic heterocycles. The van der Waals surface area contributed by atoms with Crippen LogP contribution in [0.1, 0.15) is 46.5 Å². The van der Waals surface area contributed by atoms with Crippen LogP contribution in [0, 0.1) is 23.7 Å². The lowest BCUT2D eigenvalue weighted by Gasteiger charge is -2.37. The number of carbonyl (C=O) groups excluding carboxylic acids is 3. The molecule has 5 aliphatic rings. The first kappa shape index (κ1) is 15.3. The van der Waals surface area contributed by atoms with Crippen molar-refractivity contribution < 1.29 is 14.4 Å². The van der Waals surface area contributed by atoms with Gasteiger partial charge in [0.05, 0.1) is 17.4 Å². The average Bonchev–Trinajstić information content (AvgIpc) is 3.19. The zero-order valence-electron chi connectivity index (χ0n) is 13.9. The van der Waals surface area contributed by atoms with E-state index in [0.29, 0.717) is 5.56 Å². The number of fused-ring (bicyclic) bond motifs is 2. The average molecular weight is 356 g/mol. The monoisotopic (exact) mass is 356 g/mol. The van der Waals surface area contributed by atoms with E-state index in [2.05, 4.69) is 17.6 Å². The van der Waals surface area contributed by atoms with E-state index in [0.717, 1.165) is 49.1 Å². The first-order valence-corrected chi connectivity index (χ1v) is 9.99. The van der Waals surface area contributed by atoms with Gasteiger partial charge in [-0.1, -0.05) is 12.2 Å². The Morgan fingerprint density at radius 3 is 2.32 bits per heavy atom. The fourth-order valence-electron chi connectivity index (χ4n) is 5.03. The number of hydrogen-bond donors (Lipinski definition) is 1. The third-order valence-corrected chi connectivity index (χ3v) is 7.37. The maximum atomic E-state index is 12.8. The van der Waals surface area contributed by atoms with Crippen LogP contribution in [0.3, 0.4) is 0 Å². The highest BCUT2D eigenvalue weighted by molar-refractivity contribution is 7.10. The summed E-state index contributed by atoms with van der Waals surface area (Å²) < 4.78 is 0. The van der Waals surface area contributed by atoms with Gasteiger partial charge in [0.2, 0.25) is 0 Å². The fraction of sp³-hybridized carbons (Fsp3) is 0.526. The summed E-state index contributed by atoms with van der Waals surface area (Å²) in [6.07, 6.45) is 10.3. The summed E-state index contributed by atoms with van der Waals surface area (Å²) in [5, 5.41) is 2.89. The molecule has 3 amide bonds. The van der Waals surface area contributed by atoms with Gasteiger partial charge in [-0.2, -0.15) is 5.01 Å². The quantitative estimate of drug-likeness (QED) is 0.654. The lowest BCUT2D eigenvalue weighted by Crippen LogP contribution is -2.47. The Morgan fingerprint density at radius 1 is 1.04 bits per heavy atom. The zero-order valence-corrected chi connectivity index (χ0v) is 14.7. The number of nitrogens with zero attached hydrogens (tertiary/aromatic N) is 1. The Kier molecular flexibility index (Phi) is 3.39. The number of hydrogen-bond acceptors (Lipinski definition) is 4. The van der Waals surface area contributed by atoms with E-state index in [-0.39, 0.29) is 41.4 Å². The Labute approximate surface area is 150 Å². The standard InChI is InChI=1S/C19H20N2O3S/c22-17(13-9-25-14-4-2-1-3-12(13)14)20-21-18(23)15-10-5-6-11(8-7-10)16(15)19(21)24/h5-6,9-11,15-16H,1-4,7-8H2,(H,20,22)/t10-,11+,15-,16-/m0/s1. The number of amides is 3. The first-order chi connectivity index (χ1) is 12.1. The highest BCUT2D eigenvalue weighted by Crippen LogP contribution is 2.49. The van der Waals surface area contributed by atoms with Crippen molar-refractivity contribution in [2.45, 2.75) is 38.5 Å². The van der Waals surface area contributed by atoms with Crippen molar-refractivity contribution in [3.8, 4) is 0 Å². The predicted molar refractivity (Wildman–Crippen MR) is 92.6 cm³/mol. The van der Waals surface area contributed by atoms with Crippen LogP contribution in [0.4, 0.5) is 0 Å². The van der Waals surface area contributed by atoms with Gasteiger partial charge in [-0.3, -0.25) is 19.8 Å². The van der Waals surface area contributed by atoms with Crippen LogP contribution >= 0.6 is 11.3 Å².